The van der Waals surface area contributed by atoms with E-state index in [9.17, 15) is 0 Å². The van der Waals surface area contributed by atoms with Crippen LogP contribution in [0.5, 0.6) is 0 Å². The summed E-state index contributed by atoms with van der Waals surface area (Å²) in [6.07, 6.45) is 0. The normalized spacial score (nSPS) is 11.9. The van der Waals surface area contributed by atoms with E-state index < -0.39 is 0 Å². The molecule has 0 aliphatic heterocycles. The highest BCUT2D eigenvalue weighted by Crippen LogP contribution is 2.38. The Balaban J connectivity index is 1.38. The Morgan fingerprint density at radius 2 is 1.19 bits per heavy atom. The van der Waals surface area contributed by atoms with Crippen LogP contribution in [0.2, 0.25) is 0 Å². The summed E-state index contributed by atoms with van der Waals surface area (Å²) in [5, 5.41) is 7.44. The zero-order valence-electron chi connectivity index (χ0n) is 19.5. The molecule has 0 N–H and O–H groups in total. The smallest absolute Gasteiger partial charge is 0.135 e. The van der Waals surface area contributed by atoms with Crippen LogP contribution in [0, 0.1) is 0 Å². The van der Waals surface area contributed by atoms with Crippen molar-refractivity contribution in [3.8, 4) is 16.8 Å². The van der Waals surface area contributed by atoms with Crippen molar-refractivity contribution in [2.45, 2.75) is 0 Å². The van der Waals surface area contributed by atoms with Gasteiger partial charge in [0.1, 0.15) is 11.2 Å². The lowest BCUT2D eigenvalue weighted by Crippen LogP contribution is -1.94. The molecular formula is C34H21NO. The zero-order valence-corrected chi connectivity index (χ0v) is 19.5. The third kappa shape index (κ3) is 2.73. The maximum Gasteiger partial charge on any atom is 0.135 e. The maximum atomic E-state index is 6.05. The summed E-state index contributed by atoms with van der Waals surface area (Å²) in [5.74, 6) is 0. The van der Waals surface area contributed by atoms with Gasteiger partial charge in [0, 0.05) is 27.2 Å². The Kier molecular flexibility index (Phi) is 3.97. The van der Waals surface area contributed by atoms with E-state index in [4.69, 9.17) is 4.42 Å². The van der Waals surface area contributed by atoms with Gasteiger partial charge in [-0.05, 0) is 64.4 Å². The molecule has 0 bridgehead atoms. The molecule has 2 nitrogen and oxygen atoms in total. The van der Waals surface area contributed by atoms with Gasteiger partial charge in [-0.15, -0.1) is 0 Å². The van der Waals surface area contributed by atoms with Gasteiger partial charge in [0.2, 0.25) is 0 Å². The monoisotopic (exact) mass is 459 g/mol. The van der Waals surface area contributed by atoms with Crippen molar-refractivity contribution in [3.63, 3.8) is 0 Å². The average molecular weight is 460 g/mol. The van der Waals surface area contributed by atoms with Crippen LogP contribution in [0.4, 0.5) is 0 Å². The molecule has 0 aliphatic rings. The third-order valence-corrected chi connectivity index (χ3v) is 7.38. The Morgan fingerprint density at radius 1 is 0.444 bits per heavy atom. The standard InChI is InChI=1S/C34H21NO/c1-2-11-26-22(8-1)16-18-31-34(26)28-13-3-5-14-30(28)35(31)25-10-7-9-23(20-25)24-17-19-33-29(21-24)27-12-4-6-15-32(27)36-33/h1-21H. The van der Waals surface area contributed by atoms with Crippen LogP contribution in [0.1, 0.15) is 0 Å². The Hall–Kier alpha value is -4.82. The predicted molar refractivity (Wildman–Crippen MR) is 151 cm³/mol. The first-order valence-corrected chi connectivity index (χ1v) is 12.3. The molecule has 168 valence electrons. The molecule has 2 heteroatoms. The van der Waals surface area contributed by atoms with Crippen LogP contribution in [-0.2, 0) is 0 Å². The molecule has 0 fully saturated rings. The lowest BCUT2D eigenvalue weighted by Gasteiger charge is -2.11. The summed E-state index contributed by atoms with van der Waals surface area (Å²) in [4.78, 5) is 0. The fraction of sp³-hybridized carbons (Fsp3) is 0. The summed E-state index contributed by atoms with van der Waals surface area (Å²) in [6.45, 7) is 0. The molecule has 0 saturated carbocycles. The number of rotatable bonds is 2. The van der Waals surface area contributed by atoms with Crippen molar-refractivity contribution in [1.29, 1.82) is 0 Å². The van der Waals surface area contributed by atoms with E-state index in [0.29, 0.717) is 0 Å². The van der Waals surface area contributed by atoms with Crippen molar-refractivity contribution < 1.29 is 4.42 Å². The van der Waals surface area contributed by atoms with Gasteiger partial charge >= 0.3 is 0 Å². The molecule has 6 aromatic carbocycles. The first-order valence-electron chi connectivity index (χ1n) is 12.3. The number of hydrogen-bond acceptors (Lipinski definition) is 1. The first-order chi connectivity index (χ1) is 17.8. The largest absolute Gasteiger partial charge is 0.456 e. The van der Waals surface area contributed by atoms with Gasteiger partial charge < -0.3 is 8.98 Å². The van der Waals surface area contributed by atoms with Crippen molar-refractivity contribution in [1.82, 2.24) is 4.57 Å². The molecule has 0 radical (unpaired) electrons. The van der Waals surface area contributed by atoms with Gasteiger partial charge in [0.25, 0.3) is 0 Å². The fourth-order valence-electron chi connectivity index (χ4n) is 5.75. The highest BCUT2D eigenvalue weighted by atomic mass is 16.3. The second kappa shape index (κ2) is 7.34. The van der Waals surface area contributed by atoms with E-state index in [1.807, 2.05) is 12.1 Å². The molecule has 2 heterocycles. The summed E-state index contributed by atoms with van der Waals surface area (Å²) in [5.41, 5.74) is 7.82. The molecule has 0 spiro atoms. The quantitative estimate of drug-likeness (QED) is 0.252. The number of fused-ring (bicyclic) bond motifs is 8. The van der Waals surface area contributed by atoms with Crippen LogP contribution in [0.25, 0.3) is 71.3 Å². The van der Waals surface area contributed by atoms with Crippen molar-refractivity contribution in [2.75, 3.05) is 0 Å². The second-order valence-corrected chi connectivity index (χ2v) is 9.39. The topological polar surface area (TPSA) is 18.1 Å². The number of aromatic nitrogens is 1. The minimum absolute atomic E-state index is 0.922. The summed E-state index contributed by atoms with van der Waals surface area (Å²) >= 11 is 0. The highest BCUT2D eigenvalue weighted by Gasteiger charge is 2.15. The molecule has 0 atom stereocenters. The second-order valence-electron chi connectivity index (χ2n) is 9.39. The van der Waals surface area contributed by atoms with E-state index in [1.165, 1.54) is 43.7 Å². The number of benzene rings is 6. The van der Waals surface area contributed by atoms with Gasteiger partial charge in [-0.2, -0.15) is 0 Å². The summed E-state index contributed by atoms with van der Waals surface area (Å²) < 4.78 is 8.45. The zero-order chi connectivity index (χ0) is 23.6. The van der Waals surface area contributed by atoms with Crippen molar-refractivity contribution in [3.05, 3.63) is 127 Å². The van der Waals surface area contributed by atoms with Crippen molar-refractivity contribution >= 4 is 54.5 Å². The number of nitrogens with zero attached hydrogens (tertiary/aromatic N) is 1. The van der Waals surface area contributed by atoms with Gasteiger partial charge in [-0.3, -0.25) is 0 Å². The predicted octanol–water partition coefficient (Wildman–Crippen LogP) is 9.50. The molecule has 0 aliphatic carbocycles. The van der Waals surface area contributed by atoms with E-state index in [0.717, 1.165) is 27.6 Å². The minimum atomic E-state index is 0.922. The molecule has 0 saturated heterocycles. The highest BCUT2D eigenvalue weighted by molar-refractivity contribution is 6.21. The lowest BCUT2D eigenvalue weighted by molar-refractivity contribution is 0.669. The molecule has 2 aromatic heterocycles. The van der Waals surface area contributed by atoms with Gasteiger partial charge in [-0.1, -0.05) is 84.9 Å². The van der Waals surface area contributed by atoms with Crippen molar-refractivity contribution in [2.24, 2.45) is 0 Å². The molecule has 0 unspecified atom stereocenters. The van der Waals surface area contributed by atoms with Gasteiger partial charge in [-0.25, -0.2) is 0 Å². The minimum Gasteiger partial charge on any atom is -0.456 e. The molecular weight excluding hydrogens is 438 g/mol. The van der Waals surface area contributed by atoms with Gasteiger partial charge in [0.05, 0.1) is 11.0 Å². The van der Waals surface area contributed by atoms with Crippen LogP contribution >= 0.6 is 0 Å². The molecule has 0 amide bonds. The van der Waals surface area contributed by atoms with Crippen LogP contribution in [0.3, 0.4) is 0 Å². The number of hydrogen-bond donors (Lipinski definition) is 0. The van der Waals surface area contributed by atoms with E-state index in [1.54, 1.807) is 0 Å². The Labute approximate surface area is 207 Å². The van der Waals surface area contributed by atoms with Crippen LogP contribution in [-0.4, -0.2) is 4.57 Å². The van der Waals surface area contributed by atoms with Crippen LogP contribution in [0.15, 0.2) is 132 Å². The lowest BCUT2D eigenvalue weighted by atomic mass is 10.0. The average Bonchev–Trinajstić information content (AvgIpc) is 3.48. The fourth-order valence-corrected chi connectivity index (χ4v) is 5.75. The SMILES string of the molecule is c1cc(-c2ccc3oc4ccccc4c3c2)cc(-n2c3ccccc3c3c4ccccc4ccc32)c1. The van der Waals surface area contributed by atoms with E-state index in [-0.39, 0.29) is 0 Å². The molecule has 36 heavy (non-hydrogen) atoms. The molecule has 8 aromatic rings. The van der Waals surface area contributed by atoms with E-state index >= 15 is 0 Å². The first kappa shape index (κ1) is 19.5. The number of para-hydroxylation sites is 2. The maximum absolute atomic E-state index is 6.05. The van der Waals surface area contributed by atoms with E-state index in [2.05, 4.69) is 120 Å². The summed E-state index contributed by atoms with van der Waals surface area (Å²) in [7, 11) is 0. The molecule has 8 rings (SSSR count). The Morgan fingerprint density at radius 3 is 2.14 bits per heavy atom. The van der Waals surface area contributed by atoms with Crippen LogP contribution < -0.4 is 0 Å². The number of furan rings is 1. The van der Waals surface area contributed by atoms with Gasteiger partial charge in [0.15, 0.2) is 0 Å². The Bertz CT molecular complexity index is 2110. The summed E-state index contributed by atoms with van der Waals surface area (Å²) in [6, 6.07) is 45.5. The third-order valence-electron chi connectivity index (χ3n) is 7.38.